The van der Waals surface area contributed by atoms with Crippen molar-refractivity contribution in [2.75, 3.05) is 25.0 Å². The summed E-state index contributed by atoms with van der Waals surface area (Å²) in [6.07, 6.45) is 1.86. The molecule has 0 radical (unpaired) electrons. The Balaban J connectivity index is 1.33. The van der Waals surface area contributed by atoms with Crippen LogP contribution in [0.15, 0.2) is 66.7 Å². The van der Waals surface area contributed by atoms with Crippen LogP contribution in [0.2, 0.25) is 0 Å². The minimum absolute atomic E-state index is 0.0223. The number of carbonyl (C=O) groups excluding carboxylic acids is 1. The Morgan fingerprint density at radius 2 is 1.65 bits per heavy atom. The van der Waals surface area contributed by atoms with Crippen molar-refractivity contribution < 1.29 is 9.18 Å². The lowest BCUT2D eigenvalue weighted by Crippen LogP contribution is -2.38. The third kappa shape index (κ3) is 5.02. The number of carbonyl (C=O) groups is 1. The molecule has 3 nitrogen and oxygen atoms in total. The smallest absolute Gasteiger partial charge is 0.238 e. The van der Waals surface area contributed by atoms with Gasteiger partial charge in [-0.25, -0.2) is 4.39 Å². The van der Waals surface area contributed by atoms with Crippen LogP contribution < -0.4 is 5.32 Å². The van der Waals surface area contributed by atoms with Gasteiger partial charge in [0.15, 0.2) is 0 Å². The molecule has 4 rings (SSSR count). The van der Waals surface area contributed by atoms with Gasteiger partial charge in [0.2, 0.25) is 5.91 Å². The number of benzene rings is 3. The van der Waals surface area contributed by atoms with Crippen molar-refractivity contribution in [3.63, 3.8) is 0 Å². The summed E-state index contributed by atoms with van der Waals surface area (Å²) in [6, 6.07) is 21.3. The minimum atomic E-state index is -0.167. The Labute approximate surface area is 183 Å². The third-order valence-corrected chi connectivity index (χ3v) is 6.25. The maximum absolute atomic E-state index is 14.7. The fraction of sp³-hybridized carbons (Fsp3) is 0.296. The van der Waals surface area contributed by atoms with Crippen LogP contribution in [0.1, 0.15) is 35.4 Å². The monoisotopic (exact) mass is 416 g/mol. The molecule has 0 aromatic heterocycles. The second-order valence-corrected chi connectivity index (χ2v) is 8.47. The first kappa shape index (κ1) is 21.3. The summed E-state index contributed by atoms with van der Waals surface area (Å²) in [7, 11) is 0. The quantitative estimate of drug-likeness (QED) is 0.559. The summed E-state index contributed by atoms with van der Waals surface area (Å²) in [5.74, 6) is 0.186. The zero-order chi connectivity index (χ0) is 21.8. The summed E-state index contributed by atoms with van der Waals surface area (Å²) >= 11 is 0. The SMILES string of the molecule is Cc1cccc(C)c1NC(=O)CN1CCC(c2ccc(-c3ccccc3)c(F)c2)CC1. The van der Waals surface area contributed by atoms with Crippen LogP contribution in [0.25, 0.3) is 11.1 Å². The lowest BCUT2D eigenvalue weighted by Gasteiger charge is -2.32. The van der Waals surface area contributed by atoms with Gasteiger partial charge in [0, 0.05) is 11.3 Å². The summed E-state index contributed by atoms with van der Waals surface area (Å²) in [5, 5.41) is 3.07. The van der Waals surface area contributed by atoms with E-state index in [-0.39, 0.29) is 11.7 Å². The molecule has 1 saturated heterocycles. The standard InChI is InChI=1S/C27H29FN2O/c1-19-7-6-8-20(2)27(19)29-26(31)18-30-15-13-21(14-16-30)23-11-12-24(25(28)17-23)22-9-4-3-5-10-22/h3-12,17,21H,13-16,18H2,1-2H3,(H,29,31). The molecule has 1 heterocycles. The molecule has 31 heavy (non-hydrogen) atoms. The predicted molar refractivity (Wildman–Crippen MR) is 125 cm³/mol. The molecule has 0 saturated carbocycles. The van der Waals surface area contributed by atoms with Crippen LogP contribution >= 0.6 is 0 Å². The molecule has 0 atom stereocenters. The highest BCUT2D eigenvalue weighted by Crippen LogP contribution is 2.31. The number of rotatable bonds is 5. The fourth-order valence-electron chi connectivity index (χ4n) is 4.46. The Kier molecular flexibility index (Phi) is 6.47. The van der Waals surface area contributed by atoms with Gasteiger partial charge in [0.1, 0.15) is 5.82 Å². The van der Waals surface area contributed by atoms with Crippen molar-refractivity contribution in [2.45, 2.75) is 32.6 Å². The van der Waals surface area contributed by atoms with Crippen LogP contribution in [0.4, 0.5) is 10.1 Å². The molecular weight excluding hydrogens is 387 g/mol. The molecule has 1 aliphatic rings. The number of hydrogen-bond acceptors (Lipinski definition) is 2. The zero-order valence-corrected chi connectivity index (χ0v) is 18.2. The van der Waals surface area contributed by atoms with Gasteiger partial charge < -0.3 is 5.32 Å². The van der Waals surface area contributed by atoms with E-state index in [1.165, 1.54) is 0 Å². The second-order valence-electron chi connectivity index (χ2n) is 8.47. The van der Waals surface area contributed by atoms with E-state index in [0.29, 0.717) is 18.0 Å². The van der Waals surface area contributed by atoms with E-state index in [4.69, 9.17) is 0 Å². The van der Waals surface area contributed by atoms with E-state index >= 15 is 0 Å². The van der Waals surface area contributed by atoms with Crippen LogP contribution in [0, 0.1) is 19.7 Å². The third-order valence-electron chi connectivity index (χ3n) is 6.25. The number of nitrogens with one attached hydrogen (secondary N) is 1. The van der Waals surface area contributed by atoms with Gasteiger partial charge in [-0.3, -0.25) is 9.69 Å². The summed E-state index contributed by atoms with van der Waals surface area (Å²) in [4.78, 5) is 14.7. The molecule has 160 valence electrons. The number of piperidine rings is 1. The molecule has 1 amide bonds. The van der Waals surface area contributed by atoms with Crippen molar-refractivity contribution in [3.8, 4) is 11.1 Å². The number of hydrogen-bond donors (Lipinski definition) is 1. The molecule has 3 aromatic carbocycles. The van der Waals surface area contributed by atoms with Gasteiger partial charge in [-0.05, 0) is 74.0 Å². The van der Waals surface area contributed by atoms with Gasteiger partial charge in [0.05, 0.1) is 6.54 Å². The van der Waals surface area contributed by atoms with E-state index in [0.717, 1.165) is 53.9 Å². The maximum Gasteiger partial charge on any atom is 0.238 e. The number of likely N-dealkylation sites (tertiary alicyclic amines) is 1. The van der Waals surface area contributed by atoms with Crippen LogP contribution in [0.3, 0.4) is 0 Å². The molecule has 3 aromatic rings. The molecule has 0 unspecified atom stereocenters. The van der Waals surface area contributed by atoms with Crippen LogP contribution in [0.5, 0.6) is 0 Å². The molecule has 1 N–H and O–H groups in total. The van der Waals surface area contributed by atoms with Crippen LogP contribution in [-0.4, -0.2) is 30.4 Å². The highest BCUT2D eigenvalue weighted by molar-refractivity contribution is 5.93. The van der Waals surface area contributed by atoms with Crippen molar-refractivity contribution in [2.24, 2.45) is 0 Å². The lowest BCUT2D eigenvalue weighted by molar-refractivity contribution is -0.117. The van der Waals surface area contributed by atoms with Crippen molar-refractivity contribution >= 4 is 11.6 Å². The highest BCUT2D eigenvalue weighted by Gasteiger charge is 2.23. The van der Waals surface area contributed by atoms with Crippen molar-refractivity contribution in [3.05, 3.63) is 89.2 Å². The molecule has 0 aliphatic carbocycles. The molecule has 0 spiro atoms. The van der Waals surface area contributed by atoms with Gasteiger partial charge >= 0.3 is 0 Å². The molecule has 1 aliphatic heterocycles. The second kappa shape index (κ2) is 9.44. The number of anilines is 1. The average molecular weight is 417 g/mol. The van der Waals surface area contributed by atoms with Gasteiger partial charge in [0.25, 0.3) is 0 Å². The van der Waals surface area contributed by atoms with E-state index in [2.05, 4.69) is 16.3 Å². The Morgan fingerprint density at radius 3 is 2.29 bits per heavy atom. The van der Waals surface area contributed by atoms with Gasteiger partial charge in [-0.1, -0.05) is 60.7 Å². The molecule has 1 fully saturated rings. The summed E-state index contributed by atoms with van der Waals surface area (Å²) in [6.45, 7) is 6.09. The summed E-state index contributed by atoms with van der Waals surface area (Å²) < 4.78 is 14.7. The topological polar surface area (TPSA) is 32.3 Å². The Bertz CT molecular complexity index is 1040. The number of aryl methyl sites for hydroxylation is 2. The van der Waals surface area contributed by atoms with E-state index in [9.17, 15) is 9.18 Å². The minimum Gasteiger partial charge on any atom is -0.324 e. The molecule has 0 bridgehead atoms. The van der Waals surface area contributed by atoms with E-state index in [1.54, 1.807) is 6.07 Å². The zero-order valence-electron chi connectivity index (χ0n) is 18.2. The normalized spacial score (nSPS) is 15.1. The predicted octanol–water partition coefficient (Wildman–Crippen LogP) is 5.93. The first-order valence-electron chi connectivity index (χ1n) is 10.9. The number of nitrogens with zero attached hydrogens (tertiary/aromatic N) is 1. The van der Waals surface area contributed by atoms with Crippen molar-refractivity contribution in [1.82, 2.24) is 4.90 Å². The lowest BCUT2D eigenvalue weighted by atomic mass is 9.88. The van der Waals surface area contributed by atoms with Gasteiger partial charge in [-0.2, -0.15) is 0 Å². The Morgan fingerprint density at radius 1 is 0.968 bits per heavy atom. The average Bonchev–Trinajstić information content (AvgIpc) is 2.77. The van der Waals surface area contributed by atoms with Gasteiger partial charge in [-0.15, -0.1) is 0 Å². The molecule has 4 heteroatoms. The first-order chi connectivity index (χ1) is 15.0. The van der Waals surface area contributed by atoms with E-state index < -0.39 is 0 Å². The number of halogens is 1. The molecular formula is C27H29FN2O. The number of amides is 1. The first-order valence-corrected chi connectivity index (χ1v) is 10.9. The fourth-order valence-corrected chi connectivity index (χ4v) is 4.46. The van der Waals surface area contributed by atoms with E-state index in [1.807, 2.05) is 68.4 Å². The Hall–Kier alpha value is -2.98. The maximum atomic E-state index is 14.7. The number of para-hydroxylation sites is 1. The highest BCUT2D eigenvalue weighted by atomic mass is 19.1. The summed E-state index contributed by atoms with van der Waals surface area (Å²) in [5.41, 5.74) is 5.66. The van der Waals surface area contributed by atoms with Crippen molar-refractivity contribution in [1.29, 1.82) is 0 Å². The largest absolute Gasteiger partial charge is 0.324 e. The van der Waals surface area contributed by atoms with Crippen LogP contribution in [-0.2, 0) is 4.79 Å².